The number of nitrogens with zero attached hydrogens (tertiary/aromatic N) is 5. The van der Waals surface area contributed by atoms with Crippen LogP contribution in [0.15, 0.2) is 36.7 Å². The number of pyridine rings is 1. The molecule has 184 valence electrons. The Morgan fingerprint density at radius 3 is 2.63 bits per heavy atom. The molecule has 0 spiro atoms. The highest BCUT2D eigenvalue weighted by molar-refractivity contribution is 5.71. The average molecular weight is 488 g/mol. The first-order valence-electron chi connectivity index (χ1n) is 11.3. The van der Waals surface area contributed by atoms with E-state index in [0.29, 0.717) is 62.3 Å². The van der Waals surface area contributed by atoms with Crippen molar-refractivity contribution >= 4 is 17.5 Å². The predicted molar refractivity (Wildman–Crippen MR) is 124 cm³/mol. The smallest absolute Gasteiger partial charge is 0.378 e. The van der Waals surface area contributed by atoms with Crippen molar-refractivity contribution in [3.8, 4) is 11.3 Å². The van der Waals surface area contributed by atoms with Crippen LogP contribution in [0.3, 0.4) is 0 Å². The molecule has 7 nitrogen and oxygen atoms in total. The van der Waals surface area contributed by atoms with E-state index in [9.17, 15) is 13.2 Å². The molecule has 0 unspecified atom stereocenters. The molecule has 0 atom stereocenters. The standard InChI is InChI=1S/C24H24F4N6O/c1-15-2-3-17(24(26,27)28)12-16(15)14-34-7-6-29-21-23(34)32-19(13-31-21)18-4-5-30-22(20(18)25)33-8-10-35-11-9-33/h2-5,12-13H,6-11,14H2,1H3,(H,29,31). The van der Waals surface area contributed by atoms with Crippen LogP contribution in [-0.4, -0.2) is 54.3 Å². The highest BCUT2D eigenvalue weighted by Gasteiger charge is 2.31. The number of benzene rings is 1. The van der Waals surface area contributed by atoms with Crippen molar-refractivity contribution in [3.05, 3.63) is 59.2 Å². The number of rotatable bonds is 4. The van der Waals surface area contributed by atoms with Crippen molar-refractivity contribution in [1.29, 1.82) is 0 Å². The maximum atomic E-state index is 15.5. The van der Waals surface area contributed by atoms with E-state index in [1.807, 2.05) is 9.80 Å². The van der Waals surface area contributed by atoms with E-state index >= 15 is 4.39 Å². The molecule has 35 heavy (non-hydrogen) atoms. The molecule has 2 aromatic heterocycles. The van der Waals surface area contributed by atoms with Crippen LogP contribution >= 0.6 is 0 Å². The molecular weight excluding hydrogens is 464 g/mol. The lowest BCUT2D eigenvalue weighted by Gasteiger charge is -2.31. The Morgan fingerprint density at radius 2 is 1.86 bits per heavy atom. The van der Waals surface area contributed by atoms with Crippen LogP contribution in [0.4, 0.5) is 35.0 Å². The Hall–Kier alpha value is -3.47. The van der Waals surface area contributed by atoms with Gasteiger partial charge in [0, 0.05) is 44.5 Å². The van der Waals surface area contributed by atoms with Gasteiger partial charge >= 0.3 is 6.18 Å². The topological polar surface area (TPSA) is 66.4 Å². The monoisotopic (exact) mass is 488 g/mol. The van der Waals surface area contributed by atoms with Crippen LogP contribution in [0, 0.1) is 12.7 Å². The van der Waals surface area contributed by atoms with Gasteiger partial charge in [-0.15, -0.1) is 0 Å². The van der Waals surface area contributed by atoms with Gasteiger partial charge in [0.05, 0.1) is 30.7 Å². The number of fused-ring (bicyclic) bond motifs is 1. The first-order chi connectivity index (χ1) is 16.8. The molecule has 0 amide bonds. The summed E-state index contributed by atoms with van der Waals surface area (Å²) in [6.07, 6.45) is -1.40. The van der Waals surface area contributed by atoms with Crippen molar-refractivity contribution in [1.82, 2.24) is 15.0 Å². The summed E-state index contributed by atoms with van der Waals surface area (Å²) in [5.41, 5.74) is 1.19. The molecule has 3 aromatic rings. The van der Waals surface area contributed by atoms with E-state index in [1.54, 1.807) is 13.0 Å². The third-order valence-electron chi connectivity index (χ3n) is 6.22. The second-order valence-corrected chi connectivity index (χ2v) is 8.51. The third kappa shape index (κ3) is 4.72. The third-order valence-corrected chi connectivity index (χ3v) is 6.22. The molecule has 2 aliphatic rings. The van der Waals surface area contributed by atoms with E-state index in [4.69, 9.17) is 4.74 Å². The van der Waals surface area contributed by atoms with Crippen LogP contribution in [0.25, 0.3) is 11.3 Å². The first kappa shape index (κ1) is 23.3. The van der Waals surface area contributed by atoms with E-state index < -0.39 is 17.6 Å². The van der Waals surface area contributed by atoms with Gasteiger partial charge in [0.15, 0.2) is 23.3 Å². The number of halogens is 4. The minimum atomic E-state index is -4.42. The summed E-state index contributed by atoms with van der Waals surface area (Å²) in [6.45, 7) is 5.15. The zero-order chi connectivity index (χ0) is 24.6. The average Bonchev–Trinajstić information content (AvgIpc) is 2.85. The summed E-state index contributed by atoms with van der Waals surface area (Å²) in [5.74, 6) is 0.717. The summed E-state index contributed by atoms with van der Waals surface area (Å²) in [4.78, 5) is 17.0. The zero-order valence-corrected chi connectivity index (χ0v) is 19.1. The molecule has 1 N–H and O–H groups in total. The van der Waals surface area contributed by atoms with Crippen molar-refractivity contribution in [2.75, 3.05) is 54.5 Å². The lowest BCUT2D eigenvalue weighted by atomic mass is 10.0. The molecule has 1 aromatic carbocycles. The van der Waals surface area contributed by atoms with Gasteiger partial charge in [0.1, 0.15) is 0 Å². The van der Waals surface area contributed by atoms with Gasteiger partial charge in [-0.05, 0) is 36.2 Å². The quantitative estimate of drug-likeness (QED) is 0.550. The lowest BCUT2D eigenvalue weighted by molar-refractivity contribution is -0.137. The summed E-state index contributed by atoms with van der Waals surface area (Å²) in [5, 5.41) is 3.16. The Bertz CT molecular complexity index is 1230. The molecule has 0 radical (unpaired) electrons. The van der Waals surface area contributed by atoms with Crippen molar-refractivity contribution in [2.45, 2.75) is 19.6 Å². The molecule has 0 saturated carbocycles. The second kappa shape index (κ2) is 9.29. The number of ether oxygens (including phenoxy) is 1. The van der Waals surface area contributed by atoms with E-state index in [0.717, 1.165) is 11.6 Å². The van der Waals surface area contributed by atoms with E-state index in [2.05, 4.69) is 20.3 Å². The minimum absolute atomic E-state index is 0.223. The fourth-order valence-electron chi connectivity index (χ4n) is 4.27. The van der Waals surface area contributed by atoms with Gasteiger partial charge in [-0.2, -0.15) is 13.2 Å². The fraction of sp³-hybridized carbons (Fsp3) is 0.375. The lowest BCUT2D eigenvalue weighted by Crippen LogP contribution is -2.37. The number of aromatic nitrogens is 3. The summed E-state index contributed by atoms with van der Waals surface area (Å²) >= 11 is 0. The fourth-order valence-corrected chi connectivity index (χ4v) is 4.27. The predicted octanol–water partition coefficient (Wildman–Crippen LogP) is 4.27. The maximum Gasteiger partial charge on any atom is 0.416 e. The molecule has 0 aliphatic carbocycles. The molecule has 1 saturated heterocycles. The van der Waals surface area contributed by atoms with Crippen LogP contribution in [0.2, 0.25) is 0 Å². The van der Waals surface area contributed by atoms with Gasteiger partial charge in [-0.25, -0.2) is 19.3 Å². The number of hydrogen-bond acceptors (Lipinski definition) is 7. The number of nitrogens with one attached hydrogen (secondary N) is 1. The van der Waals surface area contributed by atoms with Crippen LogP contribution in [0.1, 0.15) is 16.7 Å². The molecule has 1 fully saturated rings. The molecule has 11 heteroatoms. The number of anilines is 3. The maximum absolute atomic E-state index is 15.5. The highest BCUT2D eigenvalue weighted by Crippen LogP contribution is 2.34. The van der Waals surface area contributed by atoms with Gasteiger partial charge in [0.2, 0.25) is 0 Å². The molecule has 5 rings (SSSR count). The molecule has 0 bridgehead atoms. The van der Waals surface area contributed by atoms with Gasteiger partial charge in [0.25, 0.3) is 0 Å². The summed E-state index contributed by atoms with van der Waals surface area (Å²) < 4.78 is 60.6. The number of aryl methyl sites for hydroxylation is 1. The van der Waals surface area contributed by atoms with Crippen LogP contribution in [-0.2, 0) is 17.5 Å². The zero-order valence-electron chi connectivity index (χ0n) is 19.1. The first-order valence-corrected chi connectivity index (χ1v) is 11.3. The van der Waals surface area contributed by atoms with Crippen molar-refractivity contribution in [3.63, 3.8) is 0 Å². The SMILES string of the molecule is Cc1ccc(C(F)(F)F)cc1CN1CCNc2ncc(-c3ccnc(N4CCOCC4)c3F)nc21. The van der Waals surface area contributed by atoms with Crippen LogP contribution < -0.4 is 15.1 Å². The summed E-state index contributed by atoms with van der Waals surface area (Å²) in [7, 11) is 0. The van der Waals surface area contributed by atoms with Gasteiger partial charge in [-0.3, -0.25) is 0 Å². The largest absolute Gasteiger partial charge is 0.416 e. The van der Waals surface area contributed by atoms with Crippen molar-refractivity contribution < 1.29 is 22.3 Å². The Kier molecular flexibility index (Phi) is 6.18. The number of alkyl halides is 3. The summed E-state index contributed by atoms with van der Waals surface area (Å²) in [6, 6.07) is 5.28. The van der Waals surface area contributed by atoms with Gasteiger partial charge in [-0.1, -0.05) is 6.07 Å². The minimum Gasteiger partial charge on any atom is -0.378 e. The van der Waals surface area contributed by atoms with E-state index in [-0.39, 0.29) is 17.9 Å². The number of hydrogen-bond donors (Lipinski definition) is 1. The normalized spacial score (nSPS) is 16.1. The van der Waals surface area contributed by atoms with E-state index in [1.165, 1.54) is 24.5 Å². The Balaban J connectivity index is 1.48. The molecular formula is C24H24F4N6O. The van der Waals surface area contributed by atoms with Gasteiger partial charge < -0.3 is 19.9 Å². The number of morpholine rings is 1. The molecule has 2 aliphatic heterocycles. The Labute approximate surface area is 199 Å². The van der Waals surface area contributed by atoms with Crippen LogP contribution in [0.5, 0.6) is 0 Å². The Morgan fingerprint density at radius 1 is 1.06 bits per heavy atom. The van der Waals surface area contributed by atoms with Crippen molar-refractivity contribution in [2.24, 2.45) is 0 Å². The highest BCUT2D eigenvalue weighted by atomic mass is 19.4. The second-order valence-electron chi connectivity index (χ2n) is 8.51. The molecule has 4 heterocycles.